The van der Waals surface area contributed by atoms with E-state index in [1.54, 1.807) is 24.3 Å². The number of ether oxygens (including phenoxy) is 1. The summed E-state index contributed by atoms with van der Waals surface area (Å²) in [4.78, 5) is 37.3. The molecule has 0 unspecified atom stereocenters. The van der Waals surface area contributed by atoms with Crippen molar-refractivity contribution in [1.82, 2.24) is 4.90 Å². The average molecular weight is 405 g/mol. The molecule has 0 aliphatic heterocycles. The third-order valence-electron chi connectivity index (χ3n) is 4.34. The van der Waals surface area contributed by atoms with Gasteiger partial charge in [0.25, 0.3) is 5.91 Å². The maximum Gasteiger partial charge on any atom is 0.331 e. The Morgan fingerprint density at radius 2 is 1.73 bits per heavy atom. The molecule has 0 saturated carbocycles. The first-order chi connectivity index (χ1) is 14.3. The molecule has 0 aliphatic carbocycles. The monoisotopic (exact) mass is 405 g/mol. The van der Waals surface area contributed by atoms with Gasteiger partial charge in [0.2, 0.25) is 5.91 Å². The summed E-state index contributed by atoms with van der Waals surface area (Å²) in [5.74, 6) is -1.51. The number of hydrogen-bond acceptors (Lipinski definition) is 5. The van der Waals surface area contributed by atoms with Crippen LogP contribution in [-0.2, 0) is 19.1 Å². The van der Waals surface area contributed by atoms with Crippen LogP contribution in [0.3, 0.4) is 0 Å². The van der Waals surface area contributed by atoms with Crippen molar-refractivity contribution in [1.29, 1.82) is 5.26 Å². The van der Waals surface area contributed by atoms with E-state index in [1.165, 1.54) is 24.1 Å². The van der Waals surface area contributed by atoms with Crippen molar-refractivity contribution in [3.8, 4) is 6.07 Å². The van der Waals surface area contributed by atoms with Crippen molar-refractivity contribution in [2.75, 3.05) is 25.5 Å². The lowest BCUT2D eigenvalue weighted by Crippen LogP contribution is -2.37. The Kier molecular flexibility index (Phi) is 7.89. The normalized spacial score (nSPS) is 10.3. The topological polar surface area (TPSA) is 99.5 Å². The van der Waals surface area contributed by atoms with Gasteiger partial charge >= 0.3 is 5.97 Å². The number of carbonyl (C=O) groups is 3. The summed E-state index contributed by atoms with van der Waals surface area (Å²) < 4.78 is 4.93. The van der Waals surface area contributed by atoms with Crippen molar-refractivity contribution < 1.29 is 19.1 Å². The Balaban J connectivity index is 1.80. The zero-order valence-electron chi connectivity index (χ0n) is 17.1. The molecule has 1 N–H and O–H groups in total. The molecule has 0 heterocycles. The highest BCUT2D eigenvalue weighted by Crippen LogP contribution is 2.19. The Morgan fingerprint density at radius 1 is 1.10 bits per heavy atom. The molecule has 30 heavy (non-hydrogen) atoms. The van der Waals surface area contributed by atoms with E-state index in [0.717, 1.165) is 22.4 Å². The fourth-order valence-corrected chi connectivity index (χ4v) is 2.62. The number of likely N-dealkylation sites (N-methyl/N-ethyl adjacent to an activating group) is 1. The van der Waals surface area contributed by atoms with Crippen molar-refractivity contribution >= 4 is 29.5 Å². The van der Waals surface area contributed by atoms with Crippen LogP contribution in [0.1, 0.15) is 22.3 Å². The van der Waals surface area contributed by atoms with Gasteiger partial charge in [0.1, 0.15) is 0 Å². The molecule has 0 radical (unpaired) electrons. The van der Waals surface area contributed by atoms with Gasteiger partial charge in [0, 0.05) is 18.8 Å². The first kappa shape index (κ1) is 22.4. The van der Waals surface area contributed by atoms with Crippen LogP contribution < -0.4 is 5.32 Å². The van der Waals surface area contributed by atoms with Gasteiger partial charge in [-0.15, -0.1) is 0 Å². The van der Waals surface area contributed by atoms with Crippen LogP contribution in [0, 0.1) is 25.2 Å². The summed E-state index contributed by atoms with van der Waals surface area (Å²) in [6.45, 7) is 3.15. The minimum absolute atomic E-state index is 0.161. The number of para-hydroxylation sites is 1. The highest BCUT2D eigenvalue weighted by atomic mass is 16.5. The van der Waals surface area contributed by atoms with E-state index in [-0.39, 0.29) is 12.5 Å². The Hall–Kier alpha value is -3.92. The molecule has 7 heteroatoms. The standard InChI is InChI=1S/C23H23N3O4/c1-16-5-4-6-17(2)23(16)25-20(27)14-26(3)21(28)15-30-22(29)12-11-18-7-9-19(13-24)10-8-18/h4-12H,14-15H2,1-3H3,(H,25,27)/b12-11+. The summed E-state index contributed by atoms with van der Waals surface area (Å²) in [6.07, 6.45) is 2.72. The van der Waals surface area contributed by atoms with Crippen molar-refractivity contribution in [2.24, 2.45) is 0 Å². The number of nitriles is 1. The third-order valence-corrected chi connectivity index (χ3v) is 4.34. The van der Waals surface area contributed by atoms with Crippen LogP contribution in [0.5, 0.6) is 0 Å². The molecule has 2 rings (SSSR count). The zero-order valence-corrected chi connectivity index (χ0v) is 17.1. The molecule has 7 nitrogen and oxygen atoms in total. The zero-order chi connectivity index (χ0) is 22.1. The smallest absolute Gasteiger partial charge is 0.331 e. The van der Waals surface area contributed by atoms with Gasteiger partial charge in [-0.1, -0.05) is 30.3 Å². The average Bonchev–Trinajstić information content (AvgIpc) is 2.73. The maximum absolute atomic E-state index is 12.2. The summed E-state index contributed by atoms with van der Waals surface area (Å²) in [6, 6.07) is 14.3. The van der Waals surface area contributed by atoms with Gasteiger partial charge in [-0.25, -0.2) is 4.79 Å². The number of amides is 2. The van der Waals surface area contributed by atoms with E-state index in [4.69, 9.17) is 10.00 Å². The maximum atomic E-state index is 12.2. The molecule has 0 aromatic heterocycles. The number of aryl methyl sites for hydroxylation is 2. The molecule has 0 aliphatic rings. The van der Waals surface area contributed by atoms with Gasteiger partial charge in [-0.3, -0.25) is 9.59 Å². The van der Waals surface area contributed by atoms with Gasteiger partial charge < -0.3 is 15.0 Å². The largest absolute Gasteiger partial charge is 0.452 e. The molecule has 2 aromatic carbocycles. The fourth-order valence-electron chi connectivity index (χ4n) is 2.62. The predicted molar refractivity (Wildman–Crippen MR) is 113 cm³/mol. The Labute approximate surface area is 175 Å². The number of esters is 1. The number of rotatable bonds is 7. The first-order valence-corrected chi connectivity index (χ1v) is 9.25. The van der Waals surface area contributed by atoms with Crippen LogP contribution in [0.15, 0.2) is 48.5 Å². The molecule has 2 amide bonds. The van der Waals surface area contributed by atoms with E-state index in [2.05, 4.69) is 5.32 Å². The van der Waals surface area contributed by atoms with E-state index in [1.807, 2.05) is 38.1 Å². The van der Waals surface area contributed by atoms with Gasteiger partial charge in [-0.2, -0.15) is 5.26 Å². The van der Waals surface area contributed by atoms with Gasteiger partial charge in [0.15, 0.2) is 6.61 Å². The van der Waals surface area contributed by atoms with Crippen LogP contribution in [0.4, 0.5) is 5.69 Å². The number of benzene rings is 2. The third kappa shape index (κ3) is 6.60. The summed E-state index contributed by atoms with van der Waals surface area (Å²) in [7, 11) is 1.47. The van der Waals surface area contributed by atoms with E-state index in [0.29, 0.717) is 5.56 Å². The van der Waals surface area contributed by atoms with Crippen LogP contribution in [0.25, 0.3) is 6.08 Å². The van der Waals surface area contributed by atoms with E-state index in [9.17, 15) is 14.4 Å². The first-order valence-electron chi connectivity index (χ1n) is 9.25. The van der Waals surface area contributed by atoms with Crippen molar-refractivity contribution in [3.63, 3.8) is 0 Å². The lowest BCUT2D eigenvalue weighted by atomic mass is 10.1. The lowest BCUT2D eigenvalue weighted by Gasteiger charge is -2.18. The summed E-state index contributed by atoms with van der Waals surface area (Å²) >= 11 is 0. The number of anilines is 1. The van der Waals surface area contributed by atoms with Crippen LogP contribution in [0.2, 0.25) is 0 Å². The molecule has 154 valence electrons. The summed E-state index contributed by atoms with van der Waals surface area (Å²) in [5, 5.41) is 11.6. The highest BCUT2D eigenvalue weighted by Gasteiger charge is 2.15. The van der Waals surface area contributed by atoms with Crippen LogP contribution in [-0.4, -0.2) is 42.9 Å². The number of hydrogen-bond donors (Lipinski definition) is 1. The van der Waals surface area contributed by atoms with Gasteiger partial charge in [-0.05, 0) is 48.7 Å². The Morgan fingerprint density at radius 3 is 2.33 bits per heavy atom. The second-order valence-corrected chi connectivity index (χ2v) is 6.74. The molecular weight excluding hydrogens is 382 g/mol. The molecule has 2 aromatic rings. The van der Waals surface area contributed by atoms with E-state index < -0.39 is 18.5 Å². The van der Waals surface area contributed by atoms with E-state index >= 15 is 0 Å². The minimum atomic E-state index is -0.680. The molecule has 0 bridgehead atoms. The number of carbonyl (C=O) groups excluding carboxylic acids is 3. The van der Waals surface area contributed by atoms with Gasteiger partial charge in [0.05, 0.1) is 18.2 Å². The minimum Gasteiger partial charge on any atom is -0.452 e. The molecule has 0 fully saturated rings. The van der Waals surface area contributed by atoms with Crippen molar-refractivity contribution in [3.05, 3.63) is 70.8 Å². The second kappa shape index (κ2) is 10.6. The molecule has 0 atom stereocenters. The van der Waals surface area contributed by atoms with Crippen molar-refractivity contribution in [2.45, 2.75) is 13.8 Å². The molecule has 0 saturated heterocycles. The second-order valence-electron chi connectivity index (χ2n) is 6.74. The SMILES string of the molecule is Cc1cccc(C)c1NC(=O)CN(C)C(=O)COC(=O)/C=C/c1ccc(C#N)cc1. The molecular formula is C23H23N3O4. The fraction of sp³-hybridized carbons (Fsp3) is 0.217. The highest BCUT2D eigenvalue weighted by molar-refractivity contribution is 5.96. The lowest BCUT2D eigenvalue weighted by molar-refractivity contribution is -0.148. The number of nitrogens with zero attached hydrogens (tertiary/aromatic N) is 2. The summed E-state index contributed by atoms with van der Waals surface area (Å²) in [5.41, 5.74) is 3.82. The Bertz CT molecular complexity index is 984. The molecule has 0 spiro atoms. The number of nitrogens with one attached hydrogen (secondary N) is 1. The predicted octanol–water partition coefficient (Wildman–Crippen LogP) is 2.83. The quantitative estimate of drug-likeness (QED) is 0.564. The van der Waals surface area contributed by atoms with Crippen LogP contribution >= 0.6 is 0 Å².